The van der Waals surface area contributed by atoms with Gasteiger partial charge >= 0.3 is 0 Å². The van der Waals surface area contributed by atoms with E-state index in [4.69, 9.17) is 0 Å². The monoisotopic (exact) mass is 447 g/mol. The van der Waals surface area contributed by atoms with Crippen molar-refractivity contribution in [2.75, 3.05) is 13.1 Å². The first-order valence-electron chi connectivity index (χ1n) is 9.45. The molecule has 2 aromatic rings. The van der Waals surface area contributed by atoms with Gasteiger partial charge in [0, 0.05) is 23.5 Å². The number of benzene rings is 2. The molecule has 0 saturated carbocycles. The number of carbonyl (C=O) groups is 1. The molecule has 1 fully saturated rings. The summed E-state index contributed by atoms with van der Waals surface area (Å²) in [5.41, 5.74) is 2.45. The second kappa shape index (κ2) is 11.4. The summed E-state index contributed by atoms with van der Waals surface area (Å²) in [6.45, 7) is 1.97. The summed E-state index contributed by atoms with van der Waals surface area (Å²) in [6, 6.07) is 19.3. The summed E-state index contributed by atoms with van der Waals surface area (Å²) in [7, 11) is 0. The van der Waals surface area contributed by atoms with Crippen LogP contribution in [0.4, 0.5) is 0 Å². The van der Waals surface area contributed by atoms with E-state index in [1.165, 1.54) is 24.8 Å². The first kappa shape index (κ1) is 21.9. The Morgan fingerprint density at radius 2 is 1.81 bits per heavy atom. The zero-order chi connectivity index (χ0) is 18.2. The largest absolute Gasteiger partial charge is 0.300 e. The Labute approximate surface area is 177 Å². The highest BCUT2D eigenvalue weighted by Gasteiger charge is 2.22. The molecule has 3 rings (SSSR count). The fraction of sp³-hybridized carbons (Fsp3) is 0.348. The topological polar surface area (TPSA) is 20.3 Å². The molecule has 0 radical (unpaired) electrons. The molecular weight excluding hydrogens is 422 g/mol. The Kier molecular flexibility index (Phi) is 9.26. The number of piperidine rings is 1. The summed E-state index contributed by atoms with van der Waals surface area (Å²) in [4.78, 5) is 14.8. The molecule has 1 heterocycles. The van der Waals surface area contributed by atoms with Crippen molar-refractivity contribution in [3.8, 4) is 0 Å². The summed E-state index contributed by atoms with van der Waals surface area (Å²) in [5, 5.41) is 0. The Morgan fingerprint density at radius 1 is 1.07 bits per heavy atom. The Hall–Kier alpha value is -1.42. The van der Waals surface area contributed by atoms with E-state index >= 15 is 0 Å². The highest BCUT2D eigenvalue weighted by molar-refractivity contribution is 9.10. The maximum absolute atomic E-state index is 12.3. The second-order valence-corrected chi connectivity index (χ2v) is 7.89. The second-order valence-electron chi connectivity index (χ2n) is 6.98. The van der Waals surface area contributed by atoms with Crippen molar-refractivity contribution in [2.45, 2.75) is 38.1 Å². The van der Waals surface area contributed by atoms with E-state index in [1.54, 1.807) is 6.08 Å². The fourth-order valence-corrected chi connectivity index (χ4v) is 3.84. The summed E-state index contributed by atoms with van der Waals surface area (Å²) < 4.78 is 1.05. The van der Waals surface area contributed by atoms with Crippen LogP contribution >= 0.6 is 28.3 Å². The number of rotatable bonds is 7. The molecule has 0 bridgehead atoms. The lowest BCUT2D eigenvalue weighted by molar-refractivity contribution is -0.115. The van der Waals surface area contributed by atoms with Gasteiger partial charge in [0.05, 0.1) is 0 Å². The van der Waals surface area contributed by atoms with Crippen molar-refractivity contribution in [3.05, 3.63) is 76.3 Å². The van der Waals surface area contributed by atoms with Crippen LogP contribution in [0.5, 0.6) is 0 Å². The number of hydrogen-bond donors (Lipinski definition) is 0. The molecule has 0 aliphatic carbocycles. The Balaban J connectivity index is 0.00000261. The molecule has 0 amide bonds. The third-order valence-corrected chi connectivity index (χ3v) is 5.57. The van der Waals surface area contributed by atoms with Crippen LogP contribution in [0.3, 0.4) is 0 Å². The van der Waals surface area contributed by atoms with Gasteiger partial charge in [0.25, 0.3) is 0 Å². The minimum Gasteiger partial charge on any atom is -0.300 e. The predicted octanol–water partition coefficient (Wildman–Crippen LogP) is 5.94. The number of hydrogen-bond acceptors (Lipinski definition) is 2. The van der Waals surface area contributed by atoms with Gasteiger partial charge < -0.3 is 0 Å². The third-order valence-electron chi connectivity index (χ3n) is 5.04. The standard InChI is InChI=1S/C23H26BrNO.ClH/c24-21-12-9-19(10-13-21)11-14-23(26)15-17-25-16-5-4-8-22(25)18-20-6-2-1-3-7-20;/h1-3,6-7,9-14,22H,4-5,8,15-18H2;1H. The number of halogens is 2. The van der Waals surface area contributed by atoms with Crippen LogP contribution in [-0.2, 0) is 11.2 Å². The number of carbonyl (C=O) groups excluding carboxylic acids is 1. The van der Waals surface area contributed by atoms with Crippen LogP contribution in [0.2, 0.25) is 0 Å². The average Bonchev–Trinajstić information content (AvgIpc) is 2.68. The Morgan fingerprint density at radius 3 is 2.56 bits per heavy atom. The van der Waals surface area contributed by atoms with Gasteiger partial charge in [-0.3, -0.25) is 9.69 Å². The molecular formula is C23H27BrClNO. The van der Waals surface area contributed by atoms with Gasteiger partial charge in [0.15, 0.2) is 5.78 Å². The molecule has 0 aromatic heterocycles. The molecule has 1 aliphatic rings. The first-order chi connectivity index (χ1) is 12.7. The highest BCUT2D eigenvalue weighted by atomic mass is 79.9. The highest BCUT2D eigenvalue weighted by Crippen LogP contribution is 2.21. The van der Waals surface area contributed by atoms with E-state index in [2.05, 4.69) is 51.2 Å². The van der Waals surface area contributed by atoms with Gasteiger partial charge in [-0.1, -0.05) is 70.9 Å². The van der Waals surface area contributed by atoms with Crippen molar-refractivity contribution < 1.29 is 4.79 Å². The van der Waals surface area contributed by atoms with E-state index in [1.807, 2.05) is 30.3 Å². The molecule has 4 heteroatoms. The van der Waals surface area contributed by atoms with Crippen molar-refractivity contribution in [2.24, 2.45) is 0 Å². The molecule has 144 valence electrons. The molecule has 1 aliphatic heterocycles. The molecule has 1 unspecified atom stereocenters. The number of nitrogens with zero attached hydrogens (tertiary/aromatic N) is 1. The van der Waals surface area contributed by atoms with E-state index in [0.717, 1.165) is 29.5 Å². The minimum absolute atomic E-state index is 0. The van der Waals surface area contributed by atoms with Crippen LogP contribution in [0, 0.1) is 0 Å². The van der Waals surface area contributed by atoms with Crippen LogP contribution < -0.4 is 0 Å². The van der Waals surface area contributed by atoms with Crippen LogP contribution in [-0.4, -0.2) is 29.8 Å². The summed E-state index contributed by atoms with van der Waals surface area (Å²) in [6.07, 6.45) is 9.09. The quantitative estimate of drug-likeness (QED) is 0.488. The molecule has 27 heavy (non-hydrogen) atoms. The van der Waals surface area contributed by atoms with E-state index in [0.29, 0.717) is 12.5 Å². The molecule has 2 nitrogen and oxygen atoms in total. The smallest absolute Gasteiger partial charge is 0.156 e. The SMILES string of the molecule is Cl.O=C(C=Cc1ccc(Br)cc1)CCN1CCCCC1Cc1ccccc1. The third kappa shape index (κ3) is 7.25. The molecule has 1 atom stereocenters. The van der Waals surface area contributed by atoms with Gasteiger partial charge in [0.1, 0.15) is 0 Å². The van der Waals surface area contributed by atoms with E-state index in [9.17, 15) is 4.79 Å². The lowest BCUT2D eigenvalue weighted by Gasteiger charge is -2.35. The lowest BCUT2D eigenvalue weighted by Crippen LogP contribution is -2.41. The number of likely N-dealkylation sites (tertiary alicyclic amines) is 1. The fourth-order valence-electron chi connectivity index (χ4n) is 3.57. The van der Waals surface area contributed by atoms with Crippen molar-refractivity contribution in [1.29, 1.82) is 0 Å². The molecule has 0 N–H and O–H groups in total. The van der Waals surface area contributed by atoms with Crippen LogP contribution in [0.1, 0.15) is 36.8 Å². The van der Waals surface area contributed by atoms with Gasteiger partial charge in [-0.25, -0.2) is 0 Å². The average molecular weight is 449 g/mol. The van der Waals surface area contributed by atoms with Gasteiger partial charge in [-0.05, 0) is 55.1 Å². The zero-order valence-corrected chi connectivity index (χ0v) is 17.9. The van der Waals surface area contributed by atoms with Crippen LogP contribution in [0.15, 0.2) is 65.1 Å². The minimum atomic E-state index is 0. The zero-order valence-electron chi connectivity index (χ0n) is 15.5. The first-order valence-corrected chi connectivity index (χ1v) is 10.2. The predicted molar refractivity (Wildman–Crippen MR) is 119 cm³/mol. The van der Waals surface area contributed by atoms with Crippen LogP contribution in [0.25, 0.3) is 6.08 Å². The van der Waals surface area contributed by atoms with E-state index < -0.39 is 0 Å². The number of allylic oxidation sites excluding steroid dienone is 1. The number of ketones is 1. The van der Waals surface area contributed by atoms with Gasteiger partial charge in [-0.15, -0.1) is 12.4 Å². The molecule has 0 spiro atoms. The van der Waals surface area contributed by atoms with Gasteiger partial charge in [-0.2, -0.15) is 0 Å². The van der Waals surface area contributed by atoms with Gasteiger partial charge in [0.2, 0.25) is 0 Å². The molecule has 2 aromatic carbocycles. The lowest BCUT2D eigenvalue weighted by atomic mass is 9.95. The normalized spacial score (nSPS) is 17.6. The molecule has 1 saturated heterocycles. The van der Waals surface area contributed by atoms with Crippen molar-refractivity contribution in [1.82, 2.24) is 4.90 Å². The Bertz CT molecular complexity index is 730. The maximum atomic E-state index is 12.3. The summed E-state index contributed by atoms with van der Waals surface area (Å²) in [5.74, 6) is 0.206. The van der Waals surface area contributed by atoms with E-state index in [-0.39, 0.29) is 18.2 Å². The van der Waals surface area contributed by atoms with Crippen molar-refractivity contribution in [3.63, 3.8) is 0 Å². The summed E-state index contributed by atoms with van der Waals surface area (Å²) >= 11 is 3.43. The maximum Gasteiger partial charge on any atom is 0.156 e. The van der Waals surface area contributed by atoms with Crippen molar-refractivity contribution >= 4 is 40.2 Å².